The number of hydrogen-bond acceptors (Lipinski definition) is 9. The van der Waals surface area contributed by atoms with Gasteiger partial charge in [-0.15, -0.1) is 0 Å². The monoisotopic (exact) mass is 576 g/mol. The molecule has 2 amide bonds. The van der Waals surface area contributed by atoms with E-state index in [2.05, 4.69) is 6.07 Å². The highest BCUT2D eigenvalue weighted by molar-refractivity contribution is 8.00. The lowest BCUT2D eigenvalue weighted by Gasteiger charge is -2.18. The van der Waals surface area contributed by atoms with Gasteiger partial charge in [-0.05, 0) is 48.0 Å². The summed E-state index contributed by atoms with van der Waals surface area (Å²) in [7, 11) is 4.53. The Morgan fingerprint density at radius 1 is 0.857 bits per heavy atom. The Balaban J connectivity index is 1.62. The third-order valence-corrected chi connectivity index (χ3v) is 7.93. The lowest BCUT2D eigenvalue weighted by molar-refractivity contribution is -0.121. The van der Waals surface area contributed by atoms with E-state index in [1.165, 1.54) is 21.3 Å². The van der Waals surface area contributed by atoms with Crippen molar-refractivity contribution in [3.05, 3.63) is 83.9 Å². The molecule has 0 radical (unpaired) electrons. The van der Waals surface area contributed by atoms with Gasteiger partial charge in [-0.2, -0.15) is 10.5 Å². The van der Waals surface area contributed by atoms with E-state index in [9.17, 15) is 14.9 Å². The Labute approximate surface area is 246 Å². The van der Waals surface area contributed by atoms with Crippen molar-refractivity contribution < 1.29 is 23.8 Å². The van der Waals surface area contributed by atoms with Crippen LogP contribution in [0.2, 0.25) is 0 Å². The van der Waals surface area contributed by atoms with Crippen LogP contribution in [0.25, 0.3) is 22.4 Å². The Hall–Kier alpha value is -5.32. The summed E-state index contributed by atoms with van der Waals surface area (Å²) < 4.78 is 16.6. The number of rotatable bonds is 8. The van der Waals surface area contributed by atoms with E-state index >= 15 is 0 Å². The Bertz CT molecular complexity index is 1740. The highest BCUT2D eigenvalue weighted by atomic mass is 32.2. The van der Waals surface area contributed by atoms with Gasteiger partial charge in [0.15, 0.2) is 11.5 Å². The summed E-state index contributed by atoms with van der Waals surface area (Å²) in [5, 5.41) is 19.0. The number of carbonyl (C=O) groups is 2. The fourth-order valence-electron chi connectivity index (χ4n) is 4.72. The molecule has 3 aromatic carbocycles. The number of nitriles is 2. The Kier molecular flexibility index (Phi) is 8.09. The molecule has 0 bridgehead atoms. The van der Waals surface area contributed by atoms with Crippen LogP contribution in [-0.4, -0.2) is 43.4 Å². The molecule has 5 rings (SSSR count). The van der Waals surface area contributed by atoms with Crippen molar-refractivity contribution >= 4 is 29.3 Å². The Morgan fingerprint density at radius 2 is 1.52 bits per heavy atom. The van der Waals surface area contributed by atoms with Gasteiger partial charge in [0.05, 0.1) is 55.2 Å². The smallest absolute Gasteiger partial charge is 0.247 e. The molecular weight excluding hydrogens is 552 g/mol. The summed E-state index contributed by atoms with van der Waals surface area (Å²) in [4.78, 5) is 32.4. The molecule has 1 saturated heterocycles. The van der Waals surface area contributed by atoms with Gasteiger partial charge in [0, 0.05) is 17.5 Å². The minimum atomic E-state index is -0.799. The van der Waals surface area contributed by atoms with Gasteiger partial charge in [0.1, 0.15) is 11.1 Å². The van der Waals surface area contributed by atoms with Crippen LogP contribution in [0.3, 0.4) is 0 Å². The van der Waals surface area contributed by atoms with E-state index < -0.39 is 11.2 Å². The van der Waals surface area contributed by atoms with Crippen LogP contribution in [0.15, 0.2) is 77.8 Å². The average Bonchev–Trinajstić information content (AvgIpc) is 3.31. The predicted octanol–water partition coefficient (Wildman–Crippen LogP) is 5.61. The summed E-state index contributed by atoms with van der Waals surface area (Å²) in [5.74, 6) is 0.451. The number of hydrogen-bond donors (Lipinski definition) is 0. The normalized spacial score (nSPS) is 14.3. The van der Waals surface area contributed by atoms with Crippen molar-refractivity contribution in [3.63, 3.8) is 0 Å². The molecule has 0 spiro atoms. The molecule has 208 valence electrons. The summed E-state index contributed by atoms with van der Waals surface area (Å²) in [6.07, 6.45) is -0.0644. The van der Waals surface area contributed by atoms with Crippen LogP contribution in [0.4, 0.5) is 5.69 Å². The Morgan fingerprint density at radius 3 is 2.10 bits per heavy atom. The van der Waals surface area contributed by atoms with E-state index in [-0.39, 0.29) is 17.9 Å². The SMILES string of the molecule is COc1cc(-c2cc(-c3ccccc3)nc(SC3CC(=O)N(c4ccc(C#N)cc4)C3=O)c2C#N)cc(OC)c1OC. The topological polar surface area (TPSA) is 126 Å². The number of ether oxygens (including phenoxy) is 3. The lowest BCUT2D eigenvalue weighted by atomic mass is 9.98. The zero-order valence-corrected chi connectivity index (χ0v) is 23.8. The van der Waals surface area contributed by atoms with Crippen LogP contribution >= 0.6 is 11.8 Å². The van der Waals surface area contributed by atoms with Gasteiger partial charge < -0.3 is 14.2 Å². The van der Waals surface area contributed by atoms with Gasteiger partial charge in [-0.3, -0.25) is 9.59 Å². The molecule has 1 unspecified atom stereocenters. The first-order chi connectivity index (χ1) is 20.4. The molecule has 1 aliphatic heterocycles. The van der Waals surface area contributed by atoms with Crippen molar-refractivity contribution in [2.75, 3.05) is 26.2 Å². The number of aromatic nitrogens is 1. The van der Waals surface area contributed by atoms with Gasteiger partial charge in [0.25, 0.3) is 0 Å². The van der Waals surface area contributed by atoms with Crippen LogP contribution in [-0.2, 0) is 9.59 Å². The van der Waals surface area contributed by atoms with Gasteiger partial charge in [-0.1, -0.05) is 42.1 Å². The zero-order valence-electron chi connectivity index (χ0n) is 23.0. The first-order valence-electron chi connectivity index (χ1n) is 12.8. The summed E-state index contributed by atoms with van der Waals surface area (Å²) in [5.41, 5.74) is 3.61. The molecule has 10 heteroatoms. The molecular formula is C32H24N4O5S. The third-order valence-electron chi connectivity index (χ3n) is 6.76. The van der Waals surface area contributed by atoms with Crippen molar-refractivity contribution in [3.8, 4) is 51.8 Å². The second-order valence-electron chi connectivity index (χ2n) is 9.16. The van der Waals surface area contributed by atoms with Crippen molar-refractivity contribution in [1.29, 1.82) is 10.5 Å². The number of carbonyl (C=O) groups excluding carboxylic acids is 2. The zero-order chi connectivity index (χ0) is 29.8. The minimum absolute atomic E-state index is 0.0644. The molecule has 42 heavy (non-hydrogen) atoms. The van der Waals surface area contributed by atoms with E-state index in [4.69, 9.17) is 24.5 Å². The number of anilines is 1. The fraction of sp³-hybridized carbons (Fsp3) is 0.156. The minimum Gasteiger partial charge on any atom is -0.493 e. The standard InChI is InChI=1S/C32H24N4O5S/c1-39-26-13-21(14-27(40-2)30(26)41-3)23-15-25(20-7-5-4-6-8-20)35-31(24(23)18-34)42-28-16-29(37)36(32(28)38)22-11-9-19(17-33)10-12-22/h4-15,28H,16H2,1-3H3. The van der Waals surface area contributed by atoms with Crippen molar-refractivity contribution in [2.45, 2.75) is 16.7 Å². The largest absolute Gasteiger partial charge is 0.493 e. The van der Waals surface area contributed by atoms with Crippen LogP contribution in [0.5, 0.6) is 17.2 Å². The van der Waals surface area contributed by atoms with Crippen LogP contribution < -0.4 is 19.1 Å². The van der Waals surface area contributed by atoms with E-state index in [0.717, 1.165) is 22.2 Å². The second kappa shape index (κ2) is 12.0. The van der Waals surface area contributed by atoms with E-state index in [1.807, 2.05) is 42.5 Å². The fourth-order valence-corrected chi connectivity index (χ4v) is 5.85. The van der Waals surface area contributed by atoms with Crippen molar-refractivity contribution in [2.24, 2.45) is 0 Å². The van der Waals surface area contributed by atoms with Gasteiger partial charge in [0.2, 0.25) is 17.6 Å². The highest BCUT2D eigenvalue weighted by Gasteiger charge is 2.41. The first kappa shape index (κ1) is 28.2. The maximum absolute atomic E-state index is 13.5. The average molecular weight is 577 g/mol. The summed E-state index contributed by atoms with van der Waals surface area (Å²) >= 11 is 1.08. The number of thioether (sulfide) groups is 1. The second-order valence-corrected chi connectivity index (χ2v) is 10.4. The number of methoxy groups -OCH3 is 3. The third kappa shape index (κ3) is 5.24. The molecule has 1 aromatic heterocycles. The number of amides is 2. The van der Waals surface area contributed by atoms with Crippen LogP contribution in [0, 0.1) is 22.7 Å². The number of nitrogens with zero attached hydrogens (tertiary/aromatic N) is 4. The molecule has 1 fully saturated rings. The highest BCUT2D eigenvalue weighted by Crippen LogP contribution is 2.44. The van der Waals surface area contributed by atoms with Gasteiger partial charge in [-0.25, -0.2) is 9.88 Å². The summed E-state index contributed by atoms with van der Waals surface area (Å²) in [6, 6.07) is 25.3. The number of benzene rings is 3. The van der Waals surface area contributed by atoms with E-state index in [0.29, 0.717) is 50.3 Å². The molecule has 1 aliphatic rings. The van der Waals surface area contributed by atoms with Gasteiger partial charge >= 0.3 is 0 Å². The predicted molar refractivity (Wildman–Crippen MR) is 157 cm³/mol. The molecule has 2 heterocycles. The summed E-state index contributed by atoms with van der Waals surface area (Å²) in [6.45, 7) is 0. The first-order valence-corrected chi connectivity index (χ1v) is 13.6. The molecule has 9 nitrogen and oxygen atoms in total. The molecule has 1 atom stereocenters. The maximum atomic E-state index is 13.5. The van der Waals surface area contributed by atoms with Crippen molar-refractivity contribution in [1.82, 2.24) is 4.98 Å². The molecule has 0 aliphatic carbocycles. The quantitative estimate of drug-likeness (QED) is 0.246. The number of imide groups is 1. The van der Waals surface area contributed by atoms with Crippen LogP contribution in [0.1, 0.15) is 17.5 Å². The lowest BCUT2D eigenvalue weighted by Crippen LogP contribution is -2.31. The number of pyridine rings is 1. The molecule has 0 N–H and O–H groups in total. The molecule has 0 saturated carbocycles. The maximum Gasteiger partial charge on any atom is 0.247 e. The van der Waals surface area contributed by atoms with E-state index in [1.54, 1.807) is 36.4 Å². The molecule has 4 aromatic rings.